The monoisotopic (exact) mass is 516 g/mol. The Balaban J connectivity index is 1.77. The number of nitrogens with zero attached hydrogens (tertiary/aromatic N) is 1. The molecule has 180 valence electrons. The Labute approximate surface area is 197 Å². The van der Waals surface area contributed by atoms with Gasteiger partial charge in [0.2, 0.25) is 11.8 Å². The molecule has 12 heteroatoms. The highest BCUT2D eigenvalue weighted by Gasteiger charge is 2.44. The molecule has 0 bridgehead atoms. The molecule has 1 N–H and O–H groups in total. The van der Waals surface area contributed by atoms with Crippen molar-refractivity contribution in [2.75, 3.05) is 5.32 Å². The summed E-state index contributed by atoms with van der Waals surface area (Å²) in [7, 11) is -4.50. The summed E-state index contributed by atoms with van der Waals surface area (Å²) in [4.78, 5) is 16.1. The number of benzene rings is 2. The van der Waals surface area contributed by atoms with Gasteiger partial charge in [0.1, 0.15) is 16.3 Å². The van der Waals surface area contributed by atoms with E-state index in [2.05, 4.69) is 10.3 Å². The van der Waals surface area contributed by atoms with E-state index in [1.807, 2.05) is 0 Å². The lowest BCUT2D eigenvalue weighted by Gasteiger charge is -2.24. The molecule has 3 rings (SSSR count). The molecule has 2 aromatic carbocycles. The van der Waals surface area contributed by atoms with Crippen LogP contribution in [-0.2, 0) is 20.8 Å². The first kappa shape index (κ1) is 25.4. The predicted molar refractivity (Wildman–Crippen MR) is 117 cm³/mol. The topological polar surface area (TPSA) is 85.4 Å². The minimum Gasteiger partial charge on any atom is -0.439 e. The molecule has 0 aliphatic rings. The van der Waals surface area contributed by atoms with Crippen LogP contribution in [0.5, 0.6) is 11.6 Å². The molecule has 0 aliphatic carbocycles. The number of pyridine rings is 1. The second-order valence-electron chi connectivity index (χ2n) is 7.56. The van der Waals surface area contributed by atoms with Gasteiger partial charge in [0.25, 0.3) is 0 Å². The van der Waals surface area contributed by atoms with Gasteiger partial charge in [0.05, 0.1) is 27.4 Å². The van der Waals surface area contributed by atoms with Crippen molar-refractivity contribution in [1.82, 2.24) is 4.98 Å². The smallest absolute Gasteiger partial charge is 0.416 e. The van der Waals surface area contributed by atoms with Gasteiger partial charge in [0, 0.05) is 12.1 Å². The third-order valence-corrected chi connectivity index (χ3v) is 7.49. The fourth-order valence-electron chi connectivity index (χ4n) is 2.71. The van der Waals surface area contributed by atoms with Gasteiger partial charge in [-0.05, 0) is 50.2 Å². The Morgan fingerprint density at radius 2 is 1.76 bits per heavy atom. The Hall–Kier alpha value is -3.18. The summed E-state index contributed by atoms with van der Waals surface area (Å²) in [6.45, 7) is 2.17. The SMILES string of the molecule is CC(C)(C(=O)Nc1ccc(Oc2ccc(F)c(Cl)c2)nc1)S(=O)(=O)c1cccc(C(F)(F)F)c1. The Morgan fingerprint density at radius 1 is 1.06 bits per heavy atom. The minimum atomic E-state index is -4.74. The number of carbonyl (C=O) groups is 1. The number of amides is 1. The van der Waals surface area contributed by atoms with E-state index >= 15 is 0 Å². The quantitative estimate of drug-likeness (QED) is 0.414. The lowest BCUT2D eigenvalue weighted by molar-refractivity contribution is -0.137. The predicted octanol–water partition coefficient (Wildman–Crippen LogP) is 5.88. The lowest BCUT2D eigenvalue weighted by Crippen LogP contribution is -2.44. The zero-order valence-electron chi connectivity index (χ0n) is 17.7. The van der Waals surface area contributed by atoms with Gasteiger partial charge in [-0.25, -0.2) is 17.8 Å². The molecule has 0 spiro atoms. The molecule has 1 aromatic heterocycles. The number of carbonyl (C=O) groups excluding carboxylic acids is 1. The molecule has 0 fully saturated rings. The largest absolute Gasteiger partial charge is 0.439 e. The van der Waals surface area contributed by atoms with Gasteiger partial charge in [-0.2, -0.15) is 13.2 Å². The zero-order valence-corrected chi connectivity index (χ0v) is 19.2. The number of nitrogens with one attached hydrogen (secondary N) is 1. The average Bonchev–Trinajstić information content (AvgIpc) is 2.77. The molecule has 0 saturated heterocycles. The highest BCUT2D eigenvalue weighted by molar-refractivity contribution is 7.93. The number of ether oxygens (including phenoxy) is 1. The Bertz CT molecular complexity index is 1330. The number of hydrogen-bond acceptors (Lipinski definition) is 5. The van der Waals surface area contributed by atoms with Crippen molar-refractivity contribution < 1.29 is 35.5 Å². The third-order valence-electron chi connectivity index (χ3n) is 4.80. The summed E-state index contributed by atoms with van der Waals surface area (Å²) in [5.74, 6) is -1.31. The van der Waals surface area contributed by atoms with Crippen molar-refractivity contribution in [3.05, 3.63) is 77.2 Å². The third kappa shape index (κ3) is 5.31. The number of aromatic nitrogens is 1. The van der Waals surface area contributed by atoms with E-state index in [4.69, 9.17) is 16.3 Å². The van der Waals surface area contributed by atoms with Crippen molar-refractivity contribution >= 4 is 33.0 Å². The van der Waals surface area contributed by atoms with E-state index in [0.717, 1.165) is 38.1 Å². The van der Waals surface area contributed by atoms with Crippen LogP contribution in [0.15, 0.2) is 65.7 Å². The van der Waals surface area contributed by atoms with Crippen LogP contribution in [0, 0.1) is 5.82 Å². The van der Waals surface area contributed by atoms with Crippen molar-refractivity contribution in [1.29, 1.82) is 0 Å². The highest BCUT2D eigenvalue weighted by Crippen LogP contribution is 2.33. The van der Waals surface area contributed by atoms with Crippen LogP contribution in [0.4, 0.5) is 23.2 Å². The fraction of sp³-hybridized carbons (Fsp3) is 0.182. The maximum absolute atomic E-state index is 13.2. The summed E-state index contributed by atoms with van der Waals surface area (Å²) < 4.78 is 81.5. The first-order valence-corrected chi connectivity index (χ1v) is 11.4. The first-order valence-electron chi connectivity index (χ1n) is 9.54. The standard InChI is InChI=1S/C22H17ClF4N2O4S/c1-21(2,34(31,32)16-5-3-4-13(10-16)22(25,26)27)20(30)29-14-6-9-19(28-12-14)33-15-7-8-18(24)17(23)11-15/h3-12H,1-2H3,(H,29,30). The molecule has 6 nitrogen and oxygen atoms in total. The minimum absolute atomic E-state index is 0.0801. The zero-order chi connectivity index (χ0) is 25.3. The van der Waals surface area contributed by atoms with Crippen LogP contribution < -0.4 is 10.1 Å². The molecule has 34 heavy (non-hydrogen) atoms. The highest BCUT2D eigenvalue weighted by atomic mass is 35.5. The molecule has 0 saturated carbocycles. The van der Waals surface area contributed by atoms with E-state index in [-0.39, 0.29) is 22.3 Å². The van der Waals surface area contributed by atoms with E-state index in [1.54, 1.807) is 0 Å². The number of anilines is 1. The van der Waals surface area contributed by atoms with Crippen molar-refractivity contribution in [3.8, 4) is 11.6 Å². The fourth-order valence-corrected chi connectivity index (χ4v) is 4.31. The van der Waals surface area contributed by atoms with Gasteiger partial charge in [-0.3, -0.25) is 4.79 Å². The van der Waals surface area contributed by atoms with Crippen LogP contribution in [0.3, 0.4) is 0 Å². The van der Waals surface area contributed by atoms with Crippen molar-refractivity contribution in [2.45, 2.75) is 29.7 Å². The molecule has 0 unspecified atom stereocenters. The van der Waals surface area contributed by atoms with Gasteiger partial charge < -0.3 is 10.1 Å². The number of alkyl halides is 3. The van der Waals surface area contributed by atoms with Crippen LogP contribution >= 0.6 is 11.6 Å². The van der Waals surface area contributed by atoms with Crippen LogP contribution in [0.1, 0.15) is 19.4 Å². The number of hydrogen-bond donors (Lipinski definition) is 1. The summed E-state index contributed by atoms with van der Waals surface area (Å²) in [6.07, 6.45) is -3.56. The molecule has 1 heterocycles. The van der Waals surface area contributed by atoms with Gasteiger partial charge >= 0.3 is 6.18 Å². The molecule has 1 amide bonds. The summed E-state index contributed by atoms with van der Waals surface area (Å²) >= 11 is 5.69. The molecular formula is C22H17ClF4N2O4S. The second-order valence-corrected chi connectivity index (χ2v) is 10.5. The van der Waals surface area contributed by atoms with Gasteiger partial charge in [-0.15, -0.1) is 0 Å². The van der Waals surface area contributed by atoms with Crippen LogP contribution in [0.2, 0.25) is 5.02 Å². The number of rotatable bonds is 6. The normalized spacial score (nSPS) is 12.3. The Morgan fingerprint density at radius 3 is 2.35 bits per heavy atom. The van der Waals surface area contributed by atoms with Crippen LogP contribution in [-0.4, -0.2) is 24.1 Å². The summed E-state index contributed by atoms with van der Waals surface area (Å²) in [5, 5.41) is 2.23. The molecular weight excluding hydrogens is 500 g/mol. The Kier molecular flexibility index (Phi) is 6.90. The maximum atomic E-state index is 13.2. The average molecular weight is 517 g/mol. The van der Waals surface area contributed by atoms with Crippen molar-refractivity contribution in [3.63, 3.8) is 0 Å². The van der Waals surface area contributed by atoms with E-state index in [0.29, 0.717) is 6.07 Å². The maximum Gasteiger partial charge on any atom is 0.416 e. The van der Waals surface area contributed by atoms with Crippen LogP contribution in [0.25, 0.3) is 0 Å². The lowest BCUT2D eigenvalue weighted by atomic mass is 10.2. The second kappa shape index (κ2) is 9.22. The molecule has 0 aliphatic heterocycles. The molecule has 0 radical (unpaired) electrons. The summed E-state index contributed by atoms with van der Waals surface area (Å²) in [5.41, 5.74) is -1.03. The molecule has 3 aromatic rings. The summed E-state index contributed by atoms with van der Waals surface area (Å²) in [6, 6.07) is 9.60. The molecule has 0 atom stereocenters. The number of sulfone groups is 1. The van der Waals surface area contributed by atoms with E-state index in [9.17, 15) is 30.8 Å². The van der Waals surface area contributed by atoms with E-state index < -0.39 is 42.9 Å². The van der Waals surface area contributed by atoms with E-state index in [1.165, 1.54) is 30.5 Å². The van der Waals surface area contributed by atoms with Crippen molar-refractivity contribution in [2.24, 2.45) is 0 Å². The number of halogens is 5. The van der Waals surface area contributed by atoms with Gasteiger partial charge in [-0.1, -0.05) is 17.7 Å². The first-order chi connectivity index (χ1) is 15.7. The van der Waals surface area contributed by atoms with Gasteiger partial charge in [0.15, 0.2) is 9.84 Å².